The molecule has 0 saturated carbocycles. The molecule has 7 heteroatoms. The van der Waals surface area contributed by atoms with E-state index in [0.29, 0.717) is 0 Å². The molecule has 0 fully saturated rings. The highest BCUT2D eigenvalue weighted by Crippen LogP contribution is 2.32. The SMILES string of the molecule is CC(C)c1cccc(C(C)C)c1NC(=O)COc1ccc([N+](=O)[O-])c(F)c1. The van der Waals surface area contributed by atoms with Crippen LogP contribution in [0.1, 0.15) is 50.7 Å². The fourth-order valence-corrected chi connectivity index (χ4v) is 2.75. The molecule has 0 saturated heterocycles. The monoisotopic (exact) mass is 374 g/mol. The Morgan fingerprint density at radius 2 is 1.74 bits per heavy atom. The molecule has 2 rings (SSSR count). The van der Waals surface area contributed by atoms with Crippen molar-refractivity contribution in [3.8, 4) is 5.75 Å². The molecule has 27 heavy (non-hydrogen) atoms. The summed E-state index contributed by atoms with van der Waals surface area (Å²) in [4.78, 5) is 22.2. The molecular weight excluding hydrogens is 351 g/mol. The second kappa shape index (κ2) is 8.62. The van der Waals surface area contributed by atoms with Gasteiger partial charge in [0.25, 0.3) is 5.91 Å². The van der Waals surface area contributed by atoms with Crippen molar-refractivity contribution in [3.05, 3.63) is 63.5 Å². The molecule has 6 nitrogen and oxygen atoms in total. The summed E-state index contributed by atoms with van der Waals surface area (Å²) >= 11 is 0. The minimum atomic E-state index is -1.01. The standard InChI is InChI=1S/C20H23FN2O4/c1-12(2)15-6-5-7-16(13(3)4)20(15)22-19(24)11-27-14-8-9-18(23(25)26)17(21)10-14/h5-10,12-13H,11H2,1-4H3,(H,22,24). The molecule has 2 aromatic rings. The van der Waals surface area contributed by atoms with Crippen LogP contribution in [0.4, 0.5) is 15.8 Å². The molecule has 2 aromatic carbocycles. The van der Waals surface area contributed by atoms with Crippen LogP contribution in [0.5, 0.6) is 5.75 Å². The van der Waals surface area contributed by atoms with Gasteiger partial charge in [0.15, 0.2) is 6.61 Å². The van der Waals surface area contributed by atoms with E-state index in [1.807, 2.05) is 45.9 Å². The number of ether oxygens (including phenoxy) is 1. The van der Waals surface area contributed by atoms with E-state index in [9.17, 15) is 19.3 Å². The van der Waals surface area contributed by atoms with Gasteiger partial charge in [0, 0.05) is 17.8 Å². The van der Waals surface area contributed by atoms with Crippen LogP contribution in [-0.2, 0) is 4.79 Å². The van der Waals surface area contributed by atoms with Crippen LogP contribution in [0.2, 0.25) is 0 Å². The highest BCUT2D eigenvalue weighted by molar-refractivity contribution is 5.93. The molecule has 1 amide bonds. The molecule has 0 unspecified atom stereocenters. The number of nitro groups is 1. The molecule has 0 heterocycles. The van der Waals surface area contributed by atoms with Gasteiger partial charge in [-0.05, 0) is 29.0 Å². The number of amides is 1. The molecule has 0 aliphatic heterocycles. The van der Waals surface area contributed by atoms with Gasteiger partial charge < -0.3 is 10.1 Å². The zero-order valence-corrected chi connectivity index (χ0v) is 15.8. The third kappa shape index (κ3) is 5.03. The van der Waals surface area contributed by atoms with Crippen molar-refractivity contribution in [2.45, 2.75) is 39.5 Å². The summed E-state index contributed by atoms with van der Waals surface area (Å²) in [6.45, 7) is 7.86. The predicted octanol–water partition coefficient (Wildman–Crippen LogP) is 5.00. The zero-order chi connectivity index (χ0) is 20.1. The second-order valence-corrected chi connectivity index (χ2v) is 6.83. The summed E-state index contributed by atoms with van der Waals surface area (Å²) in [6.07, 6.45) is 0. The van der Waals surface area contributed by atoms with Crippen LogP contribution in [0.3, 0.4) is 0 Å². The van der Waals surface area contributed by atoms with Crippen LogP contribution in [0.15, 0.2) is 36.4 Å². The van der Waals surface area contributed by atoms with Crippen LogP contribution < -0.4 is 10.1 Å². The Hall–Kier alpha value is -2.96. The number of carbonyl (C=O) groups is 1. The Kier molecular flexibility index (Phi) is 6.50. The average Bonchev–Trinajstić information content (AvgIpc) is 2.59. The topological polar surface area (TPSA) is 81.5 Å². The van der Waals surface area contributed by atoms with Crippen LogP contribution in [0.25, 0.3) is 0 Å². The van der Waals surface area contributed by atoms with E-state index in [2.05, 4.69) is 5.32 Å². The van der Waals surface area contributed by atoms with E-state index in [1.54, 1.807) is 0 Å². The lowest BCUT2D eigenvalue weighted by Crippen LogP contribution is -2.22. The van der Waals surface area contributed by atoms with Crippen molar-refractivity contribution >= 4 is 17.3 Å². The number of carbonyl (C=O) groups excluding carboxylic acids is 1. The van der Waals surface area contributed by atoms with Crippen molar-refractivity contribution in [2.24, 2.45) is 0 Å². The Balaban J connectivity index is 2.12. The lowest BCUT2D eigenvalue weighted by Gasteiger charge is -2.20. The van der Waals surface area contributed by atoms with Crippen LogP contribution in [0, 0.1) is 15.9 Å². The fourth-order valence-electron chi connectivity index (χ4n) is 2.75. The van der Waals surface area contributed by atoms with Gasteiger partial charge in [-0.2, -0.15) is 4.39 Å². The number of hydrogen-bond acceptors (Lipinski definition) is 4. The zero-order valence-electron chi connectivity index (χ0n) is 15.8. The molecule has 0 spiro atoms. The van der Waals surface area contributed by atoms with Crippen molar-refractivity contribution in [3.63, 3.8) is 0 Å². The van der Waals surface area contributed by atoms with Crippen LogP contribution in [-0.4, -0.2) is 17.4 Å². The van der Waals surface area contributed by atoms with Crippen molar-refractivity contribution in [1.29, 1.82) is 0 Å². The first-order chi connectivity index (χ1) is 12.7. The van der Waals surface area contributed by atoms with Gasteiger partial charge in [-0.15, -0.1) is 0 Å². The maximum absolute atomic E-state index is 13.6. The van der Waals surface area contributed by atoms with Gasteiger partial charge in [-0.1, -0.05) is 45.9 Å². The second-order valence-electron chi connectivity index (χ2n) is 6.83. The van der Waals surface area contributed by atoms with E-state index in [0.717, 1.165) is 28.9 Å². The molecule has 1 N–H and O–H groups in total. The number of nitrogens with zero attached hydrogens (tertiary/aromatic N) is 1. The highest BCUT2D eigenvalue weighted by Gasteiger charge is 2.17. The molecule has 0 aliphatic carbocycles. The molecule has 0 radical (unpaired) electrons. The van der Waals surface area contributed by atoms with Crippen molar-refractivity contribution in [1.82, 2.24) is 0 Å². The quantitative estimate of drug-likeness (QED) is 0.546. The largest absolute Gasteiger partial charge is 0.484 e. The summed E-state index contributed by atoms with van der Waals surface area (Å²) in [6, 6.07) is 9.07. The van der Waals surface area contributed by atoms with E-state index < -0.39 is 16.4 Å². The lowest BCUT2D eigenvalue weighted by atomic mass is 9.92. The smallest absolute Gasteiger partial charge is 0.305 e. The third-order valence-electron chi connectivity index (χ3n) is 4.12. The molecule has 0 aliphatic rings. The number of rotatable bonds is 7. The van der Waals surface area contributed by atoms with Gasteiger partial charge in [0.2, 0.25) is 5.82 Å². The first kappa shape index (κ1) is 20.4. The van der Waals surface area contributed by atoms with Crippen LogP contribution >= 0.6 is 0 Å². The summed E-state index contributed by atoms with van der Waals surface area (Å²) in [5, 5.41) is 13.5. The lowest BCUT2D eigenvalue weighted by molar-refractivity contribution is -0.387. The normalized spacial score (nSPS) is 10.9. The van der Waals surface area contributed by atoms with Gasteiger partial charge in [0.05, 0.1) is 4.92 Å². The number of para-hydroxylation sites is 1. The van der Waals surface area contributed by atoms with Gasteiger partial charge in [-0.25, -0.2) is 0 Å². The molecule has 0 bridgehead atoms. The molecule has 0 aromatic heterocycles. The summed E-state index contributed by atoms with van der Waals surface area (Å²) in [5.41, 5.74) is 2.18. The third-order valence-corrected chi connectivity index (χ3v) is 4.12. The molecule has 0 atom stereocenters. The highest BCUT2D eigenvalue weighted by atomic mass is 19.1. The Morgan fingerprint density at radius 3 is 2.22 bits per heavy atom. The van der Waals surface area contributed by atoms with E-state index in [1.165, 1.54) is 6.07 Å². The first-order valence-corrected chi connectivity index (χ1v) is 8.70. The Labute approximate surface area is 157 Å². The number of hydrogen-bond donors (Lipinski definition) is 1. The maximum atomic E-state index is 13.6. The minimum absolute atomic E-state index is 0.0504. The van der Waals surface area contributed by atoms with E-state index >= 15 is 0 Å². The number of nitro benzene ring substituents is 1. The summed E-state index contributed by atoms with van der Waals surface area (Å²) in [5.74, 6) is -0.893. The Morgan fingerprint density at radius 1 is 1.15 bits per heavy atom. The number of halogens is 1. The molecular formula is C20H23FN2O4. The average molecular weight is 374 g/mol. The van der Waals surface area contributed by atoms with E-state index in [4.69, 9.17) is 4.74 Å². The minimum Gasteiger partial charge on any atom is -0.484 e. The summed E-state index contributed by atoms with van der Waals surface area (Å²) < 4.78 is 18.9. The molecule has 144 valence electrons. The predicted molar refractivity (Wildman–Crippen MR) is 102 cm³/mol. The van der Waals surface area contributed by atoms with Gasteiger partial charge in [-0.3, -0.25) is 14.9 Å². The number of benzene rings is 2. The van der Waals surface area contributed by atoms with E-state index in [-0.39, 0.29) is 30.1 Å². The maximum Gasteiger partial charge on any atom is 0.305 e. The number of anilines is 1. The Bertz CT molecular complexity index is 824. The summed E-state index contributed by atoms with van der Waals surface area (Å²) in [7, 11) is 0. The first-order valence-electron chi connectivity index (χ1n) is 8.70. The van der Waals surface area contributed by atoms with Crippen molar-refractivity contribution in [2.75, 3.05) is 11.9 Å². The fraction of sp³-hybridized carbons (Fsp3) is 0.350. The van der Waals surface area contributed by atoms with Gasteiger partial charge >= 0.3 is 5.69 Å². The van der Waals surface area contributed by atoms with Crippen molar-refractivity contribution < 1.29 is 18.8 Å². The number of nitrogens with one attached hydrogen (secondary N) is 1. The van der Waals surface area contributed by atoms with Gasteiger partial charge in [0.1, 0.15) is 5.75 Å².